The minimum Gasteiger partial charge on any atom is -0.508 e. The molecule has 1 rings (SSSR count). The number of carbonyl (C=O) groups is 5. The molecule has 1 aromatic carbocycles. The molecule has 0 saturated heterocycles. The van der Waals surface area contributed by atoms with Crippen molar-refractivity contribution in [2.24, 2.45) is 17.4 Å². The minimum absolute atomic E-state index is 0.00991. The number of phenols is 1. The van der Waals surface area contributed by atoms with E-state index in [-0.39, 0.29) is 12.2 Å². The van der Waals surface area contributed by atoms with Crippen molar-refractivity contribution in [2.45, 2.75) is 57.8 Å². The van der Waals surface area contributed by atoms with E-state index in [1.54, 1.807) is 26.0 Å². The first-order valence-electron chi connectivity index (χ1n) is 10.3. The number of hydrogen-bond acceptors (Lipinski definition) is 7. The zero-order valence-electron chi connectivity index (χ0n) is 18.7. The number of carboxylic acid groups (broad SMARTS) is 1. The molecule has 0 aliphatic heterocycles. The van der Waals surface area contributed by atoms with Gasteiger partial charge in [0.1, 0.15) is 23.9 Å². The van der Waals surface area contributed by atoms with Crippen LogP contribution in [0.2, 0.25) is 0 Å². The molecule has 1 aromatic rings. The summed E-state index contributed by atoms with van der Waals surface area (Å²) in [6.07, 6.45) is -0.603. The Morgan fingerprint density at radius 2 is 1.39 bits per heavy atom. The number of carboxylic acids is 1. The number of aromatic hydroxyl groups is 1. The molecule has 0 spiro atoms. The number of aliphatic carboxylic acids is 1. The molecule has 0 bridgehead atoms. The molecule has 4 unspecified atom stereocenters. The van der Waals surface area contributed by atoms with Crippen molar-refractivity contribution in [3.63, 3.8) is 0 Å². The Bertz CT molecular complexity index is 870. The molecule has 9 N–H and O–H groups in total. The monoisotopic (exact) mass is 465 g/mol. The molecule has 0 aromatic heterocycles. The van der Waals surface area contributed by atoms with Crippen LogP contribution in [0.3, 0.4) is 0 Å². The number of carbonyl (C=O) groups excluding carboxylic acids is 4. The molecule has 0 radical (unpaired) electrons. The second kappa shape index (κ2) is 12.4. The van der Waals surface area contributed by atoms with Crippen LogP contribution in [0.5, 0.6) is 5.75 Å². The van der Waals surface area contributed by atoms with Gasteiger partial charge in [-0.05, 0) is 30.5 Å². The molecule has 4 amide bonds. The fourth-order valence-corrected chi connectivity index (χ4v) is 2.83. The van der Waals surface area contributed by atoms with Crippen LogP contribution in [0.1, 0.15) is 32.8 Å². The number of phenolic OH excluding ortho intramolecular Hbond substituents is 1. The molecule has 182 valence electrons. The van der Waals surface area contributed by atoms with Crippen LogP contribution in [-0.2, 0) is 30.4 Å². The van der Waals surface area contributed by atoms with Crippen molar-refractivity contribution in [1.29, 1.82) is 0 Å². The molecule has 0 fully saturated rings. The Kier molecular flexibility index (Phi) is 10.3. The molecular weight excluding hydrogens is 434 g/mol. The van der Waals surface area contributed by atoms with E-state index in [1.807, 2.05) is 0 Å². The van der Waals surface area contributed by atoms with Crippen LogP contribution in [0.15, 0.2) is 24.3 Å². The maximum Gasteiger partial charge on any atom is 0.326 e. The third kappa shape index (κ3) is 9.15. The van der Waals surface area contributed by atoms with Crippen molar-refractivity contribution in [2.75, 3.05) is 0 Å². The van der Waals surface area contributed by atoms with E-state index in [2.05, 4.69) is 16.0 Å². The summed E-state index contributed by atoms with van der Waals surface area (Å²) in [4.78, 5) is 60.6. The van der Waals surface area contributed by atoms with Gasteiger partial charge in [-0.1, -0.05) is 26.0 Å². The lowest BCUT2D eigenvalue weighted by molar-refractivity contribution is -0.143. The average Bonchev–Trinajstić information content (AvgIpc) is 2.71. The first kappa shape index (κ1) is 27.4. The summed E-state index contributed by atoms with van der Waals surface area (Å²) in [7, 11) is 0. The first-order valence-corrected chi connectivity index (χ1v) is 10.3. The normalized spacial score (nSPS) is 14.5. The second-order valence-corrected chi connectivity index (χ2v) is 8.02. The van der Waals surface area contributed by atoms with Crippen LogP contribution < -0.4 is 27.4 Å². The lowest BCUT2D eigenvalue weighted by atomic mass is 10.0. The van der Waals surface area contributed by atoms with Crippen LogP contribution in [-0.4, -0.2) is 64.0 Å². The van der Waals surface area contributed by atoms with Crippen LogP contribution in [0.25, 0.3) is 0 Å². The molecule has 0 saturated carbocycles. The quantitative estimate of drug-likeness (QED) is 0.189. The van der Waals surface area contributed by atoms with E-state index in [4.69, 9.17) is 11.5 Å². The van der Waals surface area contributed by atoms with Gasteiger partial charge in [0.05, 0.1) is 12.5 Å². The number of nitrogens with two attached hydrogens (primary N) is 2. The first-order chi connectivity index (χ1) is 15.3. The maximum absolute atomic E-state index is 13.0. The summed E-state index contributed by atoms with van der Waals surface area (Å²) in [5, 5.41) is 25.8. The fourth-order valence-electron chi connectivity index (χ4n) is 2.83. The van der Waals surface area contributed by atoms with Gasteiger partial charge in [0, 0.05) is 6.42 Å². The minimum atomic E-state index is -1.47. The summed E-state index contributed by atoms with van der Waals surface area (Å²) in [6.45, 7) is 4.59. The van der Waals surface area contributed by atoms with E-state index in [9.17, 15) is 34.2 Å². The summed E-state index contributed by atoms with van der Waals surface area (Å²) in [5.74, 6) is -4.99. The Morgan fingerprint density at radius 3 is 1.85 bits per heavy atom. The van der Waals surface area contributed by atoms with Crippen molar-refractivity contribution in [3.8, 4) is 5.75 Å². The smallest absolute Gasteiger partial charge is 0.326 e. The van der Waals surface area contributed by atoms with Crippen molar-refractivity contribution < 1.29 is 34.2 Å². The highest BCUT2D eigenvalue weighted by Gasteiger charge is 2.32. The van der Waals surface area contributed by atoms with Gasteiger partial charge in [-0.15, -0.1) is 0 Å². The van der Waals surface area contributed by atoms with Crippen LogP contribution >= 0.6 is 0 Å². The third-order valence-corrected chi connectivity index (χ3v) is 4.69. The number of benzene rings is 1. The molecule has 0 heterocycles. The van der Waals surface area contributed by atoms with Gasteiger partial charge in [-0.3, -0.25) is 19.2 Å². The van der Waals surface area contributed by atoms with Gasteiger partial charge < -0.3 is 37.6 Å². The van der Waals surface area contributed by atoms with Gasteiger partial charge in [0.2, 0.25) is 23.6 Å². The van der Waals surface area contributed by atoms with Crippen LogP contribution in [0.4, 0.5) is 0 Å². The van der Waals surface area contributed by atoms with E-state index < -0.39 is 66.1 Å². The molecule has 0 aliphatic carbocycles. The Balaban J connectivity index is 3.10. The van der Waals surface area contributed by atoms with Gasteiger partial charge in [-0.25, -0.2) is 4.79 Å². The molecule has 0 aliphatic rings. The number of nitrogens with one attached hydrogen (secondary N) is 3. The fraction of sp³-hybridized carbons (Fsp3) is 0.476. The van der Waals surface area contributed by atoms with E-state index >= 15 is 0 Å². The number of amides is 4. The standard InChI is InChI=1S/C21H31N5O7/c1-10(2)17(21(32)33)26-20(31)15(9-16(23)28)25-19(30)14(24-18(29)11(3)22)8-12-4-6-13(27)7-5-12/h4-7,10-11,14-15,17,27H,8-9,22H2,1-3H3,(H2,23,28)(H,24,29)(H,25,30)(H,26,31)(H,32,33). The molecule has 4 atom stereocenters. The lowest BCUT2D eigenvalue weighted by Crippen LogP contribution is -2.58. The van der Waals surface area contributed by atoms with Gasteiger partial charge in [0.15, 0.2) is 0 Å². The van der Waals surface area contributed by atoms with E-state index in [1.165, 1.54) is 19.1 Å². The van der Waals surface area contributed by atoms with E-state index in [0.717, 1.165) is 0 Å². The second-order valence-electron chi connectivity index (χ2n) is 8.02. The topological polar surface area (TPSA) is 214 Å². The molecule has 12 heteroatoms. The van der Waals surface area contributed by atoms with Crippen molar-refractivity contribution >= 4 is 29.6 Å². The highest BCUT2D eigenvalue weighted by Crippen LogP contribution is 2.12. The number of hydrogen-bond donors (Lipinski definition) is 7. The zero-order valence-corrected chi connectivity index (χ0v) is 18.7. The highest BCUT2D eigenvalue weighted by atomic mass is 16.4. The van der Waals surface area contributed by atoms with Crippen LogP contribution in [0, 0.1) is 5.92 Å². The Labute approximate surface area is 191 Å². The third-order valence-electron chi connectivity index (χ3n) is 4.69. The van der Waals surface area contributed by atoms with Crippen molar-refractivity contribution in [1.82, 2.24) is 16.0 Å². The van der Waals surface area contributed by atoms with Gasteiger partial charge in [-0.2, -0.15) is 0 Å². The van der Waals surface area contributed by atoms with E-state index in [0.29, 0.717) is 5.56 Å². The highest BCUT2D eigenvalue weighted by molar-refractivity contribution is 5.96. The Morgan fingerprint density at radius 1 is 0.879 bits per heavy atom. The lowest BCUT2D eigenvalue weighted by Gasteiger charge is -2.25. The summed E-state index contributed by atoms with van der Waals surface area (Å²) >= 11 is 0. The SMILES string of the molecule is CC(N)C(=O)NC(Cc1ccc(O)cc1)C(=O)NC(CC(N)=O)C(=O)NC(C(=O)O)C(C)C. The molecule has 33 heavy (non-hydrogen) atoms. The summed E-state index contributed by atoms with van der Waals surface area (Å²) in [5.41, 5.74) is 11.3. The predicted octanol–water partition coefficient (Wildman–Crippen LogP) is -1.65. The Hall–Kier alpha value is -3.67. The van der Waals surface area contributed by atoms with Gasteiger partial charge >= 0.3 is 5.97 Å². The maximum atomic E-state index is 13.0. The molecule has 12 nitrogen and oxygen atoms in total. The largest absolute Gasteiger partial charge is 0.508 e. The van der Waals surface area contributed by atoms with Gasteiger partial charge in [0.25, 0.3) is 0 Å². The summed E-state index contributed by atoms with van der Waals surface area (Å²) < 4.78 is 0. The predicted molar refractivity (Wildman–Crippen MR) is 118 cm³/mol. The van der Waals surface area contributed by atoms with Crippen molar-refractivity contribution in [3.05, 3.63) is 29.8 Å². The number of primary amides is 1. The summed E-state index contributed by atoms with van der Waals surface area (Å²) in [6, 6.07) is 1.06. The molecular formula is C21H31N5O7. The number of rotatable bonds is 12. The average molecular weight is 466 g/mol. The zero-order chi connectivity index (χ0) is 25.3.